The smallest absolute Gasteiger partial charge is 0.460 e. The molecule has 0 aromatic heterocycles. The zero-order chi connectivity index (χ0) is 25.7. The van der Waals surface area contributed by atoms with E-state index >= 15 is 0 Å². The highest BCUT2D eigenvalue weighted by Gasteiger charge is 2.82. The van der Waals surface area contributed by atoms with E-state index in [9.17, 15) is 49.1 Å². The van der Waals surface area contributed by atoms with Gasteiger partial charge >= 0.3 is 35.9 Å². The Hall–Kier alpha value is -2.47. The largest absolute Gasteiger partial charge is 0.462 e. The van der Waals surface area contributed by atoms with Crippen LogP contribution in [0.5, 0.6) is 0 Å². The van der Waals surface area contributed by atoms with E-state index in [1.807, 2.05) is 0 Å². The first-order chi connectivity index (χ1) is 15.1. The van der Waals surface area contributed by atoms with Crippen LogP contribution in [0.4, 0.5) is 39.5 Å². The number of carbonyl (C=O) groups is 2. The van der Waals surface area contributed by atoms with E-state index in [4.69, 9.17) is 9.47 Å². The minimum Gasteiger partial charge on any atom is -0.462 e. The third-order valence-electron chi connectivity index (χ3n) is 4.43. The van der Waals surface area contributed by atoms with Gasteiger partial charge in [-0.15, -0.1) is 0 Å². The zero-order valence-electron chi connectivity index (χ0n) is 17.5. The number of alkyl halides is 9. The minimum atomic E-state index is -7.11. The summed E-state index contributed by atoms with van der Waals surface area (Å²) >= 11 is 0. The minimum absolute atomic E-state index is 0.0413. The van der Waals surface area contributed by atoms with E-state index in [-0.39, 0.29) is 25.3 Å². The summed E-state index contributed by atoms with van der Waals surface area (Å²) in [5.41, 5.74) is -3.81. The molecular weight excluding hydrogens is 475 g/mol. The van der Waals surface area contributed by atoms with Gasteiger partial charge in [0.15, 0.2) is 0 Å². The lowest BCUT2D eigenvalue weighted by Gasteiger charge is -2.34. The molecule has 0 aliphatic carbocycles. The highest BCUT2D eigenvalue weighted by atomic mass is 19.4. The first kappa shape index (κ1) is 28.6. The fourth-order valence-electron chi connectivity index (χ4n) is 2.42. The maximum atomic E-state index is 14.3. The number of unbranched alkanes of at least 4 members (excludes halogenated alkanes) is 2. The first-order valence-corrected chi connectivity index (χ1v) is 9.75. The second-order valence-electron chi connectivity index (χ2n) is 6.96. The number of rotatable bonds is 11. The molecule has 1 aromatic carbocycles. The molecule has 0 saturated heterocycles. The second-order valence-corrected chi connectivity index (χ2v) is 6.96. The van der Waals surface area contributed by atoms with Gasteiger partial charge in [-0.2, -0.15) is 39.5 Å². The van der Waals surface area contributed by atoms with Crippen molar-refractivity contribution >= 4 is 11.9 Å². The summed E-state index contributed by atoms with van der Waals surface area (Å²) in [6.07, 6.45) is -5.20. The predicted octanol–water partition coefficient (Wildman–Crippen LogP) is 6.53. The fourth-order valence-corrected chi connectivity index (χ4v) is 2.42. The summed E-state index contributed by atoms with van der Waals surface area (Å²) in [4.78, 5) is 24.5. The highest BCUT2D eigenvalue weighted by molar-refractivity contribution is 6.03. The monoisotopic (exact) mass is 496 g/mol. The molecule has 0 saturated carbocycles. The van der Waals surface area contributed by atoms with Gasteiger partial charge in [0.1, 0.15) is 0 Å². The lowest BCUT2D eigenvalue weighted by atomic mass is 9.93. The van der Waals surface area contributed by atoms with Crippen LogP contribution in [-0.4, -0.2) is 43.2 Å². The van der Waals surface area contributed by atoms with Crippen LogP contribution in [0.3, 0.4) is 0 Å². The molecule has 0 atom stereocenters. The number of ether oxygens (including phenoxy) is 2. The third-order valence-corrected chi connectivity index (χ3v) is 4.43. The molecule has 1 aromatic rings. The van der Waals surface area contributed by atoms with Crippen molar-refractivity contribution in [1.82, 2.24) is 0 Å². The van der Waals surface area contributed by atoms with E-state index in [1.54, 1.807) is 13.8 Å². The Kier molecular flexibility index (Phi) is 9.21. The van der Waals surface area contributed by atoms with Gasteiger partial charge in [0.25, 0.3) is 0 Å². The average Bonchev–Trinajstić information content (AvgIpc) is 2.72. The van der Waals surface area contributed by atoms with Gasteiger partial charge in [-0.25, -0.2) is 9.59 Å². The fraction of sp³-hybridized carbons (Fsp3) is 0.600. The molecule has 0 bridgehead atoms. The van der Waals surface area contributed by atoms with Crippen LogP contribution < -0.4 is 0 Å². The van der Waals surface area contributed by atoms with Crippen LogP contribution >= 0.6 is 0 Å². The Balaban J connectivity index is 3.52. The SMILES string of the molecule is CCCCOC(=O)c1ccc(C(F)(F)C(F)(F)C(F)(F)C(F)(F)F)cc1C(=O)OCCCC. The van der Waals surface area contributed by atoms with Crippen LogP contribution in [0, 0.1) is 0 Å². The topological polar surface area (TPSA) is 52.6 Å². The molecule has 0 aliphatic rings. The summed E-state index contributed by atoms with van der Waals surface area (Å²) in [6, 6.07) is 0.362. The molecule has 0 aliphatic heterocycles. The summed E-state index contributed by atoms with van der Waals surface area (Å²) in [6.45, 7) is 3.04. The van der Waals surface area contributed by atoms with E-state index in [1.165, 1.54) is 0 Å². The van der Waals surface area contributed by atoms with Crippen molar-refractivity contribution in [3.63, 3.8) is 0 Å². The summed E-state index contributed by atoms with van der Waals surface area (Å²) in [5.74, 6) is -22.8. The van der Waals surface area contributed by atoms with Gasteiger partial charge in [-0.1, -0.05) is 32.8 Å². The molecule has 0 amide bonds. The molecule has 0 heterocycles. The van der Waals surface area contributed by atoms with Gasteiger partial charge in [0.05, 0.1) is 24.3 Å². The second kappa shape index (κ2) is 10.6. The lowest BCUT2D eigenvalue weighted by molar-refractivity contribution is -0.399. The van der Waals surface area contributed by atoms with Crippen LogP contribution in [-0.2, 0) is 15.4 Å². The molecule has 0 radical (unpaired) electrons. The van der Waals surface area contributed by atoms with Crippen molar-refractivity contribution in [1.29, 1.82) is 0 Å². The molecule has 33 heavy (non-hydrogen) atoms. The maximum Gasteiger partial charge on any atom is 0.460 e. The average molecular weight is 496 g/mol. The number of hydrogen-bond donors (Lipinski definition) is 0. The van der Waals surface area contributed by atoms with E-state index in [0.717, 1.165) is 0 Å². The van der Waals surface area contributed by atoms with Crippen molar-refractivity contribution in [3.8, 4) is 0 Å². The van der Waals surface area contributed by atoms with Gasteiger partial charge in [-0.3, -0.25) is 0 Å². The predicted molar refractivity (Wildman–Crippen MR) is 96.7 cm³/mol. The highest BCUT2D eigenvalue weighted by Crippen LogP contribution is 2.56. The Labute approximate surface area is 183 Å². The zero-order valence-corrected chi connectivity index (χ0v) is 17.5. The molecule has 13 heteroatoms. The Morgan fingerprint density at radius 3 is 1.61 bits per heavy atom. The number of esters is 2. The molecular formula is C20H21F9O4. The van der Waals surface area contributed by atoms with Crippen molar-refractivity contribution in [2.75, 3.05) is 13.2 Å². The van der Waals surface area contributed by atoms with Crippen molar-refractivity contribution in [2.45, 2.75) is 63.5 Å². The first-order valence-electron chi connectivity index (χ1n) is 9.75. The normalized spacial score (nSPS) is 13.1. The summed E-state index contributed by atoms with van der Waals surface area (Å²) in [7, 11) is 0. The van der Waals surface area contributed by atoms with Gasteiger partial charge < -0.3 is 9.47 Å². The maximum absolute atomic E-state index is 14.3. The van der Waals surface area contributed by atoms with Crippen molar-refractivity contribution in [2.24, 2.45) is 0 Å². The van der Waals surface area contributed by atoms with Gasteiger partial charge in [0, 0.05) is 5.56 Å². The number of halogens is 9. The summed E-state index contributed by atoms with van der Waals surface area (Å²) in [5, 5.41) is 0. The van der Waals surface area contributed by atoms with Gasteiger partial charge in [-0.05, 0) is 25.0 Å². The van der Waals surface area contributed by atoms with E-state index in [0.29, 0.717) is 31.7 Å². The Morgan fingerprint density at radius 1 is 0.727 bits per heavy atom. The Bertz CT molecular complexity index is 835. The lowest BCUT2D eigenvalue weighted by Crippen LogP contribution is -2.59. The third kappa shape index (κ3) is 5.91. The van der Waals surface area contributed by atoms with Gasteiger partial charge in [0.2, 0.25) is 0 Å². The van der Waals surface area contributed by atoms with Crippen LogP contribution in [0.25, 0.3) is 0 Å². The molecule has 4 nitrogen and oxygen atoms in total. The van der Waals surface area contributed by atoms with E-state index < -0.39 is 52.6 Å². The molecule has 0 spiro atoms. The summed E-state index contributed by atoms with van der Waals surface area (Å²) < 4.78 is 129. The van der Waals surface area contributed by atoms with Crippen molar-refractivity contribution in [3.05, 3.63) is 34.9 Å². The molecule has 0 unspecified atom stereocenters. The van der Waals surface area contributed by atoms with E-state index in [2.05, 4.69) is 0 Å². The number of benzene rings is 1. The number of hydrogen-bond acceptors (Lipinski definition) is 4. The van der Waals surface area contributed by atoms with Crippen LogP contribution in [0.1, 0.15) is 65.8 Å². The van der Waals surface area contributed by atoms with Crippen LogP contribution in [0.2, 0.25) is 0 Å². The molecule has 188 valence electrons. The quantitative estimate of drug-likeness (QED) is 0.199. The molecule has 1 rings (SSSR count). The van der Waals surface area contributed by atoms with Crippen molar-refractivity contribution < 1.29 is 58.6 Å². The molecule has 0 fully saturated rings. The standard InChI is InChI=1S/C20H21F9O4/c1-3-5-9-32-15(30)13-8-7-12(11-14(13)16(31)33-10-6-4-2)17(21,22)18(23,24)19(25,26)20(27,28)29/h7-8,11H,3-6,9-10H2,1-2H3. The molecule has 0 N–H and O–H groups in total. The van der Waals surface area contributed by atoms with Crippen LogP contribution in [0.15, 0.2) is 18.2 Å². The Morgan fingerprint density at radius 2 is 1.18 bits per heavy atom. The number of carbonyl (C=O) groups excluding carboxylic acids is 2.